The molecule has 0 bridgehead atoms. The van der Waals surface area contributed by atoms with E-state index in [0.29, 0.717) is 16.3 Å². The molecule has 0 unspecified atom stereocenters. The maximum Gasteiger partial charge on any atom is 0.150 e. The van der Waals surface area contributed by atoms with Crippen molar-refractivity contribution in [3.8, 4) is 11.5 Å². The second kappa shape index (κ2) is 5.55. The average Bonchev–Trinajstić information content (AvgIpc) is 2.34. The fourth-order valence-corrected chi connectivity index (χ4v) is 2.22. The van der Waals surface area contributed by atoms with E-state index in [2.05, 4.69) is 15.9 Å². The lowest BCUT2D eigenvalue weighted by Crippen LogP contribution is -1.89. The Kier molecular flexibility index (Phi) is 4.04. The minimum absolute atomic E-state index is 0.599. The van der Waals surface area contributed by atoms with Crippen LogP contribution in [0, 0.1) is 6.92 Å². The Morgan fingerprint density at radius 3 is 2.50 bits per heavy atom. The van der Waals surface area contributed by atoms with Crippen LogP contribution in [0.4, 0.5) is 0 Å². The van der Waals surface area contributed by atoms with E-state index in [-0.39, 0.29) is 0 Å². The molecule has 0 fully saturated rings. The van der Waals surface area contributed by atoms with Crippen molar-refractivity contribution in [3.05, 3.63) is 57.0 Å². The van der Waals surface area contributed by atoms with Crippen LogP contribution in [0.5, 0.6) is 11.5 Å². The van der Waals surface area contributed by atoms with E-state index < -0.39 is 0 Å². The third-order valence-corrected chi connectivity index (χ3v) is 3.30. The van der Waals surface area contributed by atoms with Crippen molar-refractivity contribution in [2.24, 2.45) is 0 Å². The van der Waals surface area contributed by atoms with Gasteiger partial charge in [-0.15, -0.1) is 0 Å². The van der Waals surface area contributed by atoms with E-state index in [1.807, 2.05) is 19.1 Å². The van der Waals surface area contributed by atoms with Crippen LogP contribution in [0.2, 0.25) is 5.02 Å². The Hall–Kier alpha value is -1.32. The summed E-state index contributed by atoms with van der Waals surface area (Å²) in [7, 11) is 0. The lowest BCUT2D eigenvalue weighted by atomic mass is 10.2. The summed E-state index contributed by atoms with van der Waals surface area (Å²) in [6, 6.07) is 10.6. The Balaban J connectivity index is 2.31. The van der Waals surface area contributed by atoms with Gasteiger partial charge in [0.05, 0.1) is 4.47 Å². The standard InChI is InChI=1S/C14H10BrClO2/c1-9-6-11(16)3-5-13(9)18-14-4-2-10(8-17)7-12(14)15/h2-8H,1H3. The quantitative estimate of drug-likeness (QED) is 0.741. The highest BCUT2D eigenvalue weighted by atomic mass is 79.9. The number of aldehydes is 1. The molecule has 0 atom stereocenters. The van der Waals surface area contributed by atoms with Crippen molar-refractivity contribution in [1.29, 1.82) is 0 Å². The van der Waals surface area contributed by atoms with Gasteiger partial charge in [-0.05, 0) is 64.8 Å². The topological polar surface area (TPSA) is 26.3 Å². The van der Waals surface area contributed by atoms with E-state index in [1.54, 1.807) is 24.3 Å². The van der Waals surface area contributed by atoms with Crippen LogP contribution in [0.25, 0.3) is 0 Å². The smallest absolute Gasteiger partial charge is 0.150 e. The van der Waals surface area contributed by atoms with Crippen molar-refractivity contribution < 1.29 is 9.53 Å². The van der Waals surface area contributed by atoms with Crippen LogP contribution in [0.15, 0.2) is 40.9 Å². The number of carbonyl (C=O) groups excluding carboxylic acids is 1. The molecule has 0 N–H and O–H groups in total. The molecule has 0 aliphatic heterocycles. The molecule has 2 nitrogen and oxygen atoms in total. The third kappa shape index (κ3) is 2.92. The summed E-state index contributed by atoms with van der Waals surface area (Å²) in [5, 5.41) is 0.676. The SMILES string of the molecule is Cc1cc(Cl)ccc1Oc1ccc(C=O)cc1Br. The van der Waals surface area contributed by atoms with Gasteiger partial charge in [0.25, 0.3) is 0 Å². The fraction of sp³-hybridized carbons (Fsp3) is 0.0714. The number of halogens is 2. The maximum absolute atomic E-state index is 10.6. The second-order valence-electron chi connectivity index (χ2n) is 3.82. The summed E-state index contributed by atoms with van der Waals surface area (Å²) in [5.74, 6) is 1.39. The van der Waals surface area contributed by atoms with E-state index in [4.69, 9.17) is 16.3 Å². The number of rotatable bonds is 3. The van der Waals surface area contributed by atoms with E-state index in [9.17, 15) is 4.79 Å². The summed E-state index contributed by atoms with van der Waals surface area (Å²) in [6.07, 6.45) is 0.794. The van der Waals surface area contributed by atoms with Gasteiger partial charge in [0.2, 0.25) is 0 Å². The zero-order chi connectivity index (χ0) is 13.1. The van der Waals surface area contributed by atoms with Crippen LogP contribution in [-0.2, 0) is 0 Å². The molecule has 2 aromatic carbocycles. The summed E-state index contributed by atoms with van der Waals surface area (Å²) in [5.41, 5.74) is 1.55. The highest BCUT2D eigenvalue weighted by Crippen LogP contribution is 2.32. The molecule has 2 aromatic rings. The number of benzene rings is 2. The first-order valence-corrected chi connectivity index (χ1v) is 6.46. The summed E-state index contributed by atoms with van der Waals surface area (Å²) >= 11 is 9.26. The first kappa shape index (κ1) is 13.1. The number of aryl methyl sites for hydroxylation is 1. The van der Waals surface area contributed by atoms with Crippen molar-refractivity contribution in [3.63, 3.8) is 0 Å². The molecule has 2 rings (SSSR count). The first-order chi connectivity index (χ1) is 8.60. The normalized spacial score (nSPS) is 10.2. The zero-order valence-corrected chi connectivity index (χ0v) is 12.0. The Bertz CT molecular complexity index is 596. The van der Waals surface area contributed by atoms with Crippen LogP contribution >= 0.6 is 27.5 Å². The average molecular weight is 326 g/mol. The van der Waals surface area contributed by atoms with Crippen LogP contribution in [-0.4, -0.2) is 6.29 Å². The van der Waals surface area contributed by atoms with Gasteiger partial charge in [-0.25, -0.2) is 0 Å². The summed E-state index contributed by atoms with van der Waals surface area (Å²) < 4.78 is 6.51. The molecule has 4 heteroatoms. The number of carbonyl (C=O) groups is 1. The molecule has 0 saturated carbocycles. The molecule has 18 heavy (non-hydrogen) atoms. The fourth-order valence-electron chi connectivity index (χ4n) is 1.52. The Morgan fingerprint density at radius 2 is 1.89 bits per heavy atom. The monoisotopic (exact) mass is 324 g/mol. The van der Waals surface area contributed by atoms with Gasteiger partial charge in [0.15, 0.2) is 0 Å². The minimum Gasteiger partial charge on any atom is -0.456 e. The molecular formula is C14H10BrClO2. The molecule has 0 radical (unpaired) electrons. The highest BCUT2D eigenvalue weighted by Gasteiger charge is 2.06. The van der Waals surface area contributed by atoms with E-state index in [1.165, 1.54) is 0 Å². The molecular weight excluding hydrogens is 316 g/mol. The molecule has 0 aliphatic carbocycles. The molecule has 0 amide bonds. The number of ether oxygens (including phenoxy) is 1. The Morgan fingerprint density at radius 1 is 1.17 bits per heavy atom. The lowest BCUT2D eigenvalue weighted by molar-refractivity contribution is 0.112. The predicted octanol–water partition coefficient (Wildman–Crippen LogP) is 5.02. The number of hydrogen-bond acceptors (Lipinski definition) is 2. The van der Waals surface area contributed by atoms with Crippen LogP contribution in [0.1, 0.15) is 15.9 Å². The third-order valence-electron chi connectivity index (χ3n) is 2.45. The predicted molar refractivity (Wildman–Crippen MR) is 75.8 cm³/mol. The molecule has 0 heterocycles. The van der Waals surface area contributed by atoms with E-state index >= 15 is 0 Å². The van der Waals surface area contributed by atoms with Gasteiger partial charge in [0.1, 0.15) is 17.8 Å². The minimum atomic E-state index is 0.599. The largest absolute Gasteiger partial charge is 0.456 e. The highest BCUT2D eigenvalue weighted by molar-refractivity contribution is 9.10. The van der Waals surface area contributed by atoms with Crippen molar-refractivity contribution in [1.82, 2.24) is 0 Å². The molecule has 0 aliphatic rings. The maximum atomic E-state index is 10.6. The van der Waals surface area contributed by atoms with Crippen LogP contribution in [0.3, 0.4) is 0 Å². The summed E-state index contributed by atoms with van der Waals surface area (Å²) in [6.45, 7) is 1.93. The van der Waals surface area contributed by atoms with Crippen molar-refractivity contribution >= 4 is 33.8 Å². The first-order valence-electron chi connectivity index (χ1n) is 5.29. The second-order valence-corrected chi connectivity index (χ2v) is 5.11. The van der Waals surface area contributed by atoms with Gasteiger partial charge >= 0.3 is 0 Å². The molecule has 0 saturated heterocycles. The van der Waals surface area contributed by atoms with E-state index in [0.717, 1.165) is 22.1 Å². The van der Waals surface area contributed by atoms with Gasteiger partial charge in [-0.1, -0.05) is 11.6 Å². The van der Waals surface area contributed by atoms with Gasteiger partial charge in [0, 0.05) is 10.6 Å². The van der Waals surface area contributed by atoms with Gasteiger partial charge in [-0.3, -0.25) is 4.79 Å². The molecule has 0 aromatic heterocycles. The van der Waals surface area contributed by atoms with Crippen LogP contribution < -0.4 is 4.74 Å². The molecule has 92 valence electrons. The molecule has 0 spiro atoms. The Labute approximate surface area is 119 Å². The van der Waals surface area contributed by atoms with Gasteiger partial charge < -0.3 is 4.74 Å². The zero-order valence-electron chi connectivity index (χ0n) is 9.61. The summed E-state index contributed by atoms with van der Waals surface area (Å²) in [4.78, 5) is 10.6. The number of hydrogen-bond donors (Lipinski definition) is 0. The lowest BCUT2D eigenvalue weighted by Gasteiger charge is -2.10. The van der Waals surface area contributed by atoms with Crippen molar-refractivity contribution in [2.75, 3.05) is 0 Å². The van der Waals surface area contributed by atoms with Gasteiger partial charge in [-0.2, -0.15) is 0 Å². The van der Waals surface area contributed by atoms with Crippen molar-refractivity contribution in [2.45, 2.75) is 6.92 Å².